The number of ether oxygens (including phenoxy) is 2. The lowest BCUT2D eigenvalue weighted by atomic mass is 10.0. The van der Waals surface area contributed by atoms with Crippen molar-refractivity contribution in [3.05, 3.63) is 42.5 Å². The zero-order valence-corrected chi connectivity index (χ0v) is 19.7. The van der Waals surface area contributed by atoms with Gasteiger partial charge >= 0.3 is 0 Å². The Balaban J connectivity index is 1.74. The second-order valence-electron chi connectivity index (χ2n) is 7.86. The molecule has 0 aliphatic carbocycles. The number of anilines is 2. The smallest absolute Gasteiger partial charge is 0.242 e. The lowest BCUT2D eigenvalue weighted by molar-refractivity contribution is -0.118. The lowest BCUT2D eigenvalue weighted by Gasteiger charge is -2.23. The van der Waals surface area contributed by atoms with E-state index in [9.17, 15) is 13.2 Å². The fourth-order valence-corrected chi connectivity index (χ4v) is 4.84. The molecule has 8 nitrogen and oxygen atoms in total. The van der Waals surface area contributed by atoms with Gasteiger partial charge in [0, 0.05) is 30.5 Å². The number of amides is 1. The van der Waals surface area contributed by atoms with Crippen LogP contribution in [0.4, 0.5) is 11.4 Å². The third-order valence-corrected chi connectivity index (χ3v) is 6.76. The summed E-state index contributed by atoms with van der Waals surface area (Å²) in [4.78, 5) is 15.1. The van der Waals surface area contributed by atoms with Crippen LogP contribution in [0.25, 0.3) is 0 Å². The molecule has 0 unspecified atom stereocenters. The van der Waals surface area contributed by atoms with E-state index in [2.05, 4.69) is 28.8 Å². The van der Waals surface area contributed by atoms with Crippen LogP contribution in [0, 0.1) is 5.92 Å². The van der Waals surface area contributed by atoms with Crippen LogP contribution in [0.2, 0.25) is 0 Å². The first-order chi connectivity index (χ1) is 15.2. The highest BCUT2D eigenvalue weighted by Crippen LogP contribution is 2.32. The number of sulfonamides is 1. The van der Waals surface area contributed by atoms with Gasteiger partial charge in [0.15, 0.2) is 11.5 Å². The zero-order valence-electron chi connectivity index (χ0n) is 18.9. The molecule has 0 saturated carbocycles. The molecule has 0 aromatic heterocycles. The van der Waals surface area contributed by atoms with Crippen molar-refractivity contribution in [2.24, 2.45) is 5.92 Å². The minimum atomic E-state index is -3.95. The van der Waals surface area contributed by atoms with E-state index in [-0.39, 0.29) is 10.8 Å². The number of benzene rings is 2. The van der Waals surface area contributed by atoms with Crippen molar-refractivity contribution in [1.29, 1.82) is 0 Å². The van der Waals surface area contributed by atoms with E-state index in [1.54, 1.807) is 19.9 Å². The maximum absolute atomic E-state index is 13.0. The SMILES string of the molecule is CCN(CC)c1ccc(NC(=O)[C@@H](NS(=O)(=O)c2ccc3c(c2)OCCO3)C(C)C)cc1. The summed E-state index contributed by atoms with van der Waals surface area (Å²) < 4.78 is 39.4. The van der Waals surface area contributed by atoms with Gasteiger partial charge in [-0.25, -0.2) is 8.42 Å². The average molecular weight is 462 g/mol. The van der Waals surface area contributed by atoms with E-state index in [0.717, 1.165) is 18.8 Å². The van der Waals surface area contributed by atoms with Gasteiger partial charge in [0.25, 0.3) is 0 Å². The molecule has 0 radical (unpaired) electrons. The standard InChI is InChI=1S/C23H31N3O5S/c1-5-26(6-2)18-9-7-17(8-10-18)24-23(27)22(16(3)4)25-32(28,29)19-11-12-20-21(15-19)31-14-13-30-20/h7-12,15-16,22,25H,5-6,13-14H2,1-4H3,(H,24,27)/t22-/m0/s1. The second kappa shape index (κ2) is 10.2. The fraction of sp³-hybridized carbons (Fsp3) is 0.435. The Morgan fingerprint density at radius 3 is 2.22 bits per heavy atom. The Kier molecular flexibility index (Phi) is 7.63. The molecule has 32 heavy (non-hydrogen) atoms. The highest BCUT2D eigenvalue weighted by molar-refractivity contribution is 7.89. The molecule has 1 aliphatic heterocycles. The Labute approximate surface area is 190 Å². The molecule has 2 aromatic rings. The lowest BCUT2D eigenvalue weighted by Crippen LogP contribution is -2.47. The van der Waals surface area contributed by atoms with Crippen molar-refractivity contribution in [2.45, 2.75) is 38.6 Å². The van der Waals surface area contributed by atoms with Gasteiger partial charge in [0.05, 0.1) is 4.90 Å². The normalized spacial score (nSPS) is 14.2. The monoisotopic (exact) mass is 461 g/mol. The van der Waals surface area contributed by atoms with Crippen molar-refractivity contribution < 1.29 is 22.7 Å². The van der Waals surface area contributed by atoms with Crippen molar-refractivity contribution in [3.8, 4) is 11.5 Å². The van der Waals surface area contributed by atoms with Crippen LogP contribution in [0.5, 0.6) is 11.5 Å². The van der Waals surface area contributed by atoms with Crippen molar-refractivity contribution in [2.75, 3.05) is 36.5 Å². The van der Waals surface area contributed by atoms with Gasteiger partial charge in [-0.1, -0.05) is 13.8 Å². The Morgan fingerprint density at radius 2 is 1.62 bits per heavy atom. The molecule has 3 rings (SSSR count). The number of nitrogens with one attached hydrogen (secondary N) is 2. The summed E-state index contributed by atoms with van der Waals surface area (Å²) in [6.45, 7) is 10.3. The molecule has 0 saturated heterocycles. The van der Waals surface area contributed by atoms with Gasteiger partial charge in [-0.2, -0.15) is 4.72 Å². The molecule has 9 heteroatoms. The molecule has 1 heterocycles. The van der Waals surface area contributed by atoms with Crippen LogP contribution in [0.3, 0.4) is 0 Å². The number of carbonyl (C=O) groups excluding carboxylic acids is 1. The van der Waals surface area contributed by atoms with Gasteiger partial charge in [-0.15, -0.1) is 0 Å². The number of nitrogens with zero attached hydrogens (tertiary/aromatic N) is 1. The van der Waals surface area contributed by atoms with Crippen LogP contribution in [-0.2, 0) is 14.8 Å². The quantitative estimate of drug-likeness (QED) is 0.595. The molecular formula is C23H31N3O5S. The number of hydrogen-bond acceptors (Lipinski definition) is 6. The van der Waals surface area contributed by atoms with E-state index < -0.39 is 22.0 Å². The van der Waals surface area contributed by atoms with E-state index in [1.165, 1.54) is 12.1 Å². The average Bonchev–Trinajstić information content (AvgIpc) is 2.79. The van der Waals surface area contributed by atoms with Crippen LogP contribution in [0.1, 0.15) is 27.7 Å². The number of rotatable bonds is 9. The summed E-state index contributed by atoms with van der Waals surface area (Å²) in [6.07, 6.45) is 0. The maximum atomic E-state index is 13.0. The van der Waals surface area contributed by atoms with Gasteiger partial charge in [-0.3, -0.25) is 4.79 Å². The zero-order chi connectivity index (χ0) is 23.3. The number of hydrogen-bond donors (Lipinski definition) is 2. The summed E-state index contributed by atoms with van der Waals surface area (Å²) in [6, 6.07) is 11.0. The topological polar surface area (TPSA) is 97.0 Å². The van der Waals surface area contributed by atoms with Crippen molar-refractivity contribution in [1.82, 2.24) is 4.72 Å². The Bertz CT molecular complexity index is 1030. The molecule has 1 amide bonds. The van der Waals surface area contributed by atoms with E-state index in [4.69, 9.17) is 9.47 Å². The molecule has 1 atom stereocenters. The molecule has 2 aromatic carbocycles. The van der Waals surface area contributed by atoms with Gasteiger partial charge in [0.2, 0.25) is 15.9 Å². The summed E-state index contributed by atoms with van der Waals surface area (Å²) in [7, 11) is -3.95. The van der Waals surface area contributed by atoms with Crippen LogP contribution in [0.15, 0.2) is 47.4 Å². The summed E-state index contributed by atoms with van der Waals surface area (Å²) >= 11 is 0. The molecule has 0 bridgehead atoms. The van der Waals surface area contributed by atoms with Gasteiger partial charge in [0.1, 0.15) is 19.3 Å². The highest BCUT2D eigenvalue weighted by Gasteiger charge is 2.29. The summed E-state index contributed by atoms with van der Waals surface area (Å²) in [5, 5.41) is 2.82. The molecule has 2 N–H and O–H groups in total. The Morgan fingerprint density at radius 1 is 1.00 bits per heavy atom. The van der Waals surface area contributed by atoms with E-state index >= 15 is 0 Å². The molecule has 174 valence electrons. The third kappa shape index (κ3) is 5.52. The van der Waals surface area contributed by atoms with Crippen LogP contribution < -0.4 is 24.4 Å². The van der Waals surface area contributed by atoms with Crippen LogP contribution >= 0.6 is 0 Å². The van der Waals surface area contributed by atoms with Gasteiger partial charge in [-0.05, 0) is 56.2 Å². The fourth-order valence-electron chi connectivity index (χ4n) is 3.48. The molecular weight excluding hydrogens is 430 g/mol. The number of fused-ring (bicyclic) bond motifs is 1. The van der Waals surface area contributed by atoms with Crippen molar-refractivity contribution >= 4 is 27.3 Å². The molecule has 1 aliphatic rings. The third-order valence-electron chi connectivity index (χ3n) is 5.32. The largest absolute Gasteiger partial charge is 0.486 e. The first-order valence-electron chi connectivity index (χ1n) is 10.8. The van der Waals surface area contributed by atoms with E-state index in [0.29, 0.717) is 30.4 Å². The first-order valence-corrected chi connectivity index (χ1v) is 12.3. The first kappa shape index (κ1) is 23.9. The maximum Gasteiger partial charge on any atom is 0.242 e. The number of carbonyl (C=O) groups is 1. The minimum Gasteiger partial charge on any atom is -0.486 e. The van der Waals surface area contributed by atoms with Gasteiger partial charge < -0.3 is 19.7 Å². The second-order valence-corrected chi connectivity index (χ2v) is 9.57. The van der Waals surface area contributed by atoms with Crippen molar-refractivity contribution in [3.63, 3.8) is 0 Å². The summed E-state index contributed by atoms with van der Waals surface area (Å²) in [5.41, 5.74) is 1.67. The summed E-state index contributed by atoms with van der Waals surface area (Å²) in [5.74, 6) is 0.188. The molecule has 0 fully saturated rings. The Hall–Kier alpha value is -2.78. The van der Waals surface area contributed by atoms with Crippen LogP contribution in [-0.4, -0.2) is 46.7 Å². The molecule has 0 spiro atoms. The minimum absolute atomic E-state index is 0.0174. The highest BCUT2D eigenvalue weighted by atomic mass is 32.2. The predicted molar refractivity (Wildman–Crippen MR) is 125 cm³/mol. The van der Waals surface area contributed by atoms with E-state index in [1.807, 2.05) is 24.3 Å². The predicted octanol–water partition coefficient (Wildman–Crippen LogP) is 3.25.